The van der Waals surface area contributed by atoms with Crippen LogP contribution in [0.4, 0.5) is 0 Å². The van der Waals surface area contributed by atoms with Crippen LogP contribution in [0.2, 0.25) is 0 Å². The lowest BCUT2D eigenvalue weighted by Gasteiger charge is -2.26. The normalized spacial score (nSPS) is 15.3. The average molecular weight is 306 g/mol. The van der Waals surface area contributed by atoms with Gasteiger partial charge in [-0.15, -0.1) is 0 Å². The second kappa shape index (κ2) is 8.51. The molecule has 0 atom stereocenters. The van der Waals surface area contributed by atoms with E-state index in [9.17, 15) is 9.59 Å². The summed E-state index contributed by atoms with van der Waals surface area (Å²) in [7, 11) is 1.30. The van der Waals surface area contributed by atoms with E-state index >= 15 is 0 Å². The molecule has 2 rings (SSSR count). The SMILES string of the molecule is COC(=O)c1ccccc1C(=O)NCCCN1CCOCC1. The van der Waals surface area contributed by atoms with Crippen LogP contribution in [0, 0.1) is 0 Å². The van der Waals surface area contributed by atoms with E-state index in [-0.39, 0.29) is 11.5 Å². The zero-order valence-corrected chi connectivity index (χ0v) is 12.8. The molecular weight excluding hydrogens is 284 g/mol. The third-order valence-electron chi connectivity index (χ3n) is 3.62. The van der Waals surface area contributed by atoms with Gasteiger partial charge in [-0.3, -0.25) is 9.69 Å². The molecule has 1 fully saturated rings. The van der Waals surface area contributed by atoms with Crippen molar-refractivity contribution < 1.29 is 19.1 Å². The standard InChI is InChI=1S/C16H22N2O4/c1-21-16(20)14-6-3-2-5-13(14)15(19)17-7-4-8-18-9-11-22-12-10-18/h2-3,5-6H,4,7-12H2,1H3,(H,17,19). The van der Waals surface area contributed by atoms with E-state index in [0.29, 0.717) is 12.1 Å². The number of benzene rings is 1. The zero-order valence-electron chi connectivity index (χ0n) is 12.8. The molecule has 0 spiro atoms. The third kappa shape index (κ3) is 4.54. The van der Waals surface area contributed by atoms with Gasteiger partial charge in [0, 0.05) is 19.6 Å². The molecule has 6 heteroatoms. The molecule has 1 amide bonds. The molecule has 0 aromatic heterocycles. The van der Waals surface area contributed by atoms with Gasteiger partial charge in [0.2, 0.25) is 0 Å². The maximum Gasteiger partial charge on any atom is 0.338 e. The second-order valence-electron chi connectivity index (χ2n) is 5.10. The second-order valence-corrected chi connectivity index (χ2v) is 5.10. The van der Waals surface area contributed by atoms with Crippen LogP contribution >= 0.6 is 0 Å². The molecule has 0 unspecified atom stereocenters. The predicted molar refractivity (Wildman–Crippen MR) is 82.0 cm³/mol. The minimum atomic E-state index is -0.501. The van der Waals surface area contributed by atoms with Crippen LogP contribution < -0.4 is 5.32 Å². The Bertz CT molecular complexity index is 513. The first kappa shape index (κ1) is 16.5. The molecule has 22 heavy (non-hydrogen) atoms. The van der Waals surface area contributed by atoms with Crippen molar-refractivity contribution in [1.82, 2.24) is 10.2 Å². The fraction of sp³-hybridized carbons (Fsp3) is 0.500. The minimum absolute atomic E-state index is 0.247. The van der Waals surface area contributed by atoms with Gasteiger partial charge < -0.3 is 14.8 Å². The summed E-state index contributed by atoms with van der Waals surface area (Å²) in [4.78, 5) is 26.2. The highest BCUT2D eigenvalue weighted by Crippen LogP contribution is 2.10. The average Bonchev–Trinajstić information content (AvgIpc) is 2.58. The van der Waals surface area contributed by atoms with Crippen LogP contribution in [-0.2, 0) is 9.47 Å². The summed E-state index contributed by atoms with van der Waals surface area (Å²) in [6.07, 6.45) is 0.867. The van der Waals surface area contributed by atoms with E-state index in [4.69, 9.17) is 9.47 Å². The summed E-state index contributed by atoms with van der Waals surface area (Å²) >= 11 is 0. The van der Waals surface area contributed by atoms with Gasteiger partial charge >= 0.3 is 5.97 Å². The number of methoxy groups -OCH3 is 1. The summed E-state index contributed by atoms with van der Waals surface area (Å²) in [6, 6.07) is 6.66. The van der Waals surface area contributed by atoms with Gasteiger partial charge in [0.25, 0.3) is 5.91 Å². The Labute approximate surface area is 130 Å². The fourth-order valence-electron chi connectivity index (χ4n) is 2.39. The molecule has 0 saturated carbocycles. The molecule has 1 N–H and O–H groups in total. The van der Waals surface area contributed by atoms with Crippen LogP contribution in [0.3, 0.4) is 0 Å². The summed E-state index contributed by atoms with van der Waals surface area (Å²) in [5, 5.41) is 2.85. The Kier molecular flexibility index (Phi) is 6.36. The Morgan fingerprint density at radius 1 is 1.23 bits per heavy atom. The van der Waals surface area contributed by atoms with Gasteiger partial charge in [0.05, 0.1) is 31.5 Å². The molecule has 1 aliphatic heterocycles. The number of hydrogen-bond acceptors (Lipinski definition) is 5. The van der Waals surface area contributed by atoms with Crippen molar-refractivity contribution in [3.05, 3.63) is 35.4 Å². The lowest BCUT2D eigenvalue weighted by Crippen LogP contribution is -2.38. The molecule has 1 heterocycles. The van der Waals surface area contributed by atoms with Gasteiger partial charge in [0.1, 0.15) is 0 Å². The smallest absolute Gasteiger partial charge is 0.338 e. The van der Waals surface area contributed by atoms with Crippen molar-refractivity contribution in [1.29, 1.82) is 0 Å². The van der Waals surface area contributed by atoms with Gasteiger partial charge in [-0.1, -0.05) is 12.1 Å². The minimum Gasteiger partial charge on any atom is -0.465 e. The Balaban J connectivity index is 1.81. The Morgan fingerprint density at radius 2 is 1.91 bits per heavy atom. The maximum absolute atomic E-state index is 12.2. The first-order valence-electron chi connectivity index (χ1n) is 7.48. The van der Waals surface area contributed by atoms with E-state index < -0.39 is 5.97 Å². The molecule has 0 bridgehead atoms. The van der Waals surface area contributed by atoms with E-state index in [2.05, 4.69) is 10.2 Å². The first-order chi connectivity index (χ1) is 10.7. The summed E-state index contributed by atoms with van der Waals surface area (Å²) < 4.78 is 9.99. The van der Waals surface area contributed by atoms with Crippen molar-refractivity contribution in [2.45, 2.75) is 6.42 Å². The van der Waals surface area contributed by atoms with E-state index in [1.165, 1.54) is 7.11 Å². The highest BCUT2D eigenvalue weighted by Gasteiger charge is 2.16. The summed E-state index contributed by atoms with van der Waals surface area (Å²) in [5.74, 6) is -0.748. The number of hydrogen-bond donors (Lipinski definition) is 1. The number of esters is 1. The number of morpholine rings is 1. The van der Waals surface area contributed by atoms with Gasteiger partial charge in [-0.2, -0.15) is 0 Å². The number of carbonyl (C=O) groups excluding carboxylic acids is 2. The highest BCUT2D eigenvalue weighted by molar-refractivity contribution is 6.05. The third-order valence-corrected chi connectivity index (χ3v) is 3.62. The fourth-order valence-corrected chi connectivity index (χ4v) is 2.39. The van der Waals surface area contributed by atoms with E-state index in [1.807, 2.05) is 0 Å². The van der Waals surface area contributed by atoms with Gasteiger partial charge in [-0.05, 0) is 25.1 Å². The number of carbonyl (C=O) groups is 2. The molecule has 0 aliphatic carbocycles. The van der Waals surface area contributed by atoms with Crippen molar-refractivity contribution in [2.75, 3.05) is 46.5 Å². The van der Waals surface area contributed by atoms with Crippen molar-refractivity contribution in [3.8, 4) is 0 Å². The van der Waals surface area contributed by atoms with Gasteiger partial charge in [0.15, 0.2) is 0 Å². The number of rotatable bonds is 6. The highest BCUT2D eigenvalue weighted by atomic mass is 16.5. The van der Waals surface area contributed by atoms with Crippen molar-refractivity contribution in [3.63, 3.8) is 0 Å². The van der Waals surface area contributed by atoms with E-state index in [0.717, 1.165) is 39.3 Å². The molecule has 1 aliphatic rings. The molecule has 1 aromatic carbocycles. The lowest BCUT2D eigenvalue weighted by molar-refractivity contribution is 0.0374. The molecular formula is C16H22N2O4. The molecule has 1 aromatic rings. The number of amides is 1. The summed E-state index contributed by atoms with van der Waals surface area (Å²) in [6.45, 7) is 4.95. The number of ether oxygens (including phenoxy) is 2. The van der Waals surface area contributed by atoms with Gasteiger partial charge in [-0.25, -0.2) is 4.79 Å². The molecule has 0 radical (unpaired) electrons. The zero-order chi connectivity index (χ0) is 15.8. The molecule has 1 saturated heterocycles. The summed E-state index contributed by atoms with van der Waals surface area (Å²) in [5.41, 5.74) is 0.636. The predicted octanol–water partition coefficient (Wildman–Crippen LogP) is 0.925. The van der Waals surface area contributed by atoms with Crippen molar-refractivity contribution in [2.24, 2.45) is 0 Å². The molecule has 120 valence electrons. The molecule has 6 nitrogen and oxygen atoms in total. The number of nitrogens with one attached hydrogen (secondary N) is 1. The van der Waals surface area contributed by atoms with Crippen LogP contribution in [0.25, 0.3) is 0 Å². The number of nitrogens with zero attached hydrogens (tertiary/aromatic N) is 1. The Morgan fingerprint density at radius 3 is 2.59 bits per heavy atom. The Hall–Kier alpha value is -1.92. The van der Waals surface area contributed by atoms with Crippen LogP contribution in [-0.4, -0.2) is 63.3 Å². The topological polar surface area (TPSA) is 67.9 Å². The monoisotopic (exact) mass is 306 g/mol. The quantitative estimate of drug-likeness (QED) is 0.625. The van der Waals surface area contributed by atoms with Crippen LogP contribution in [0.15, 0.2) is 24.3 Å². The first-order valence-corrected chi connectivity index (χ1v) is 7.48. The van der Waals surface area contributed by atoms with Crippen LogP contribution in [0.1, 0.15) is 27.1 Å². The van der Waals surface area contributed by atoms with Crippen molar-refractivity contribution >= 4 is 11.9 Å². The van der Waals surface area contributed by atoms with E-state index in [1.54, 1.807) is 24.3 Å². The maximum atomic E-state index is 12.2. The largest absolute Gasteiger partial charge is 0.465 e. The van der Waals surface area contributed by atoms with Crippen LogP contribution in [0.5, 0.6) is 0 Å². The lowest BCUT2D eigenvalue weighted by atomic mass is 10.1.